The van der Waals surface area contributed by atoms with Crippen molar-refractivity contribution in [2.24, 2.45) is 0 Å². The van der Waals surface area contributed by atoms with E-state index < -0.39 is 0 Å². The number of halogens is 2. The standard InChI is InChI=1S/C10H9BrClN3S/c1-15(4-8-2-7(11)5-16-8)10-3-9(12)13-6-14-10/h2-3,5-6H,4H2,1H3. The van der Waals surface area contributed by atoms with E-state index in [1.807, 2.05) is 11.9 Å². The summed E-state index contributed by atoms with van der Waals surface area (Å²) in [5.41, 5.74) is 0. The Labute approximate surface area is 111 Å². The van der Waals surface area contributed by atoms with Crippen molar-refractivity contribution in [3.8, 4) is 0 Å². The maximum Gasteiger partial charge on any atom is 0.134 e. The van der Waals surface area contributed by atoms with Crippen LogP contribution in [0.2, 0.25) is 5.15 Å². The van der Waals surface area contributed by atoms with Crippen LogP contribution in [-0.2, 0) is 6.54 Å². The van der Waals surface area contributed by atoms with Gasteiger partial charge < -0.3 is 4.90 Å². The summed E-state index contributed by atoms with van der Waals surface area (Å²) in [5, 5.41) is 2.53. The molecule has 2 rings (SSSR count). The quantitative estimate of drug-likeness (QED) is 0.810. The molecule has 2 heterocycles. The molecule has 0 spiro atoms. The third kappa shape index (κ3) is 2.93. The summed E-state index contributed by atoms with van der Waals surface area (Å²) in [5.74, 6) is 0.824. The second-order valence-corrected chi connectivity index (χ2v) is 5.58. The van der Waals surface area contributed by atoms with Crippen molar-refractivity contribution >= 4 is 44.7 Å². The predicted molar refractivity (Wildman–Crippen MR) is 71.2 cm³/mol. The molecule has 6 heteroatoms. The molecule has 16 heavy (non-hydrogen) atoms. The minimum absolute atomic E-state index is 0.462. The van der Waals surface area contributed by atoms with Gasteiger partial charge in [-0.2, -0.15) is 0 Å². The normalized spacial score (nSPS) is 10.4. The number of rotatable bonds is 3. The van der Waals surface area contributed by atoms with Crippen molar-refractivity contribution < 1.29 is 0 Å². The lowest BCUT2D eigenvalue weighted by Crippen LogP contribution is -2.16. The first-order valence-electron chi connectivity index (χ1n) is 4.57. The van der Waals surface area contributed by atoms with E-state index in [0.29, 0.717) is 5.15 Å². The van der Waals surface area contributed by atoms with Gasteiger partial charge in [0, 0.05) is 27.8 Å². The maximum atomic E-state index is 5.81. The van der Waals surface area contributed by atoms with E-state index in [4.69, 9.17) is 11.6 Å². The van der Waals surface area contributed by atoms with Gasteiger partial charge in [0.05, 0.1) is 6.54 Å². The Hall–Kier alpha value is -0.650. The molecule has 0 atom stereocenters. The fourth-order valence-corrected chi connectivity index (χ4v) is 2.93. The molecule has 0 aliphatic heterocycles. The van der Waals surface area contributed by atoms with E-state index in [0.717, 1.165) is 16.8 Å². The fraction of sp³-hybridized carbons (Fsp3) is 0.200. The highest BCUT2D eigenvalue weighted by Gasteiger charge is 2.06. The highest BCUT2D eigenvalue weighted by atomic mass is 79.9. The summed E-state index contributed by atoms with van der Waals surface area (Å²) < 4.78 is 1.11. The molecule has 0 saturated heterocycles. The van der Waals surface area contributed by atoms with Gasteiger partial charge in [-0.05, 0) is 22.0 Å². The van der Waals surface area contributed by atoms with E-state index in [2.05, 4.69) is 37.3 Å². The van der Waals surface area contributed by atoms with Crippen LogP contribution in [0.5, 0.6) is 0 Å². The smallest absolute Gasteiger partial charge is 0.134 e. The van der Waals surface area contributed by atoms with Gasteiger partial charge in [0.2, 0.25) is 0 Å². The van der Waals surface area contributed by atoms with Gasteiger partial charge in [-0.15, -0.1) is 11.3 Å². The first-order valence-corrected chi connectivity index (χ1v) is 6.62. The average molecular weight is 319 g/mol. The second kappa shape index (κ2) is 5.12. The van der Waals surface area contributed by atoms with Crippen LogP contribution in [0.1, 0.15) is 4.88 Å². The molecule has 2 aromatic heterocycles. The number of hydrogen-bond donors (Lipinski definition) is 0. The summed E-state index contributed by atoms with van der Waals surface area (Å²) >= 11 is 11.0. The molecule has 0 saturated carbocycles. The van der Waals surface area contributed by atoms with Crippen molar-refractivity contribution in [3.63, 3.8) is 0 Å². The average Bonchev–Trinajstić information content (AvgIpc) is 2.64. The molecule has 0 amide bonds. The van der Waals surface area contributed by atoms with E-state index in [1.165, 1.54) is 11.2 Å². The minimum atomic E-state index is 0.462. The summed E-state index contributed by atoms with van der Waals surface area (Å²) in [7, 11) is 1.98. The Kier molecular flexibility index (Phi) is 3.78. The molecule has 84 valence electrons. The molecule has 3 nitrogen and oxygen atoms in total. The van der Waals surface area contributed by atoms with Crippen LogP contribution in [0.3, 0.4) is 0 Å². The first kappa shape index (κ1) is 11.8. The van der Waals surface area contributed by atoms with E-state index in [-0.39, 0.29) is 0 Å². The zero-order valence-electron chi connectivity index (χ0n) is 8.52. The lowest BCUT2D eigenvalue weighted by Gasteiger charge is -2.16. The van der Waals surface area contributed by atoms with Gasteiger partial charge in [-0.1, -0.05) is 11.6 Å². The number of thiophene rings is 1. The van der Waals surface area contributed by atoms with Crippen molar-refractivity contribution in [3.05, 3.63) is 38.3 Å². The number of aromatic nitrogens is 2. The molecular formula is C10H9BrClN3S. The molecule has 0 aliphatic carbocycles. The predicted octanol–water partition coefficient (Wildman–Crippen LogP) is 3.59. The van der Waals surface area contributed by atoms with Gasteiger partial charge in [0.25, 0.3) is 0 Å². The van der Waals surface area contributed by atoms with Crippen LogP contribution >= 0.6 is 38.9 Å². The van der Waals surface area contributed by atoms with E-state index in [1.54, 1.807) is 17.4 Å². The molecule has 0 aliphatic rings. The summed E-state index contributed by atoms with van der Waals surface area (Å²) in [6.07, 6.45) is 1.47. The van der Waals surface area contributed by atoms with Crippen LogP contribution in [0, 0.1) is 0 Å². The van der Waals surface area contributed by atoms with Gasteiger partial charge >= 0.3 is 0 Å². The minimum Gasteiger partial charge on any atom is -0.354 e. The van der Waals surface area contributed by atoms with Gasteiger partial charge in [0.15, 0.2) is 0 Å². The highest BCUT2D eigenvalue weighted by Crippen LogP contribution is 2.22. The highest BCUT2D eigenvalue weighted by molar-refractivity contribution is 9.10. The summed E-state index contributed by atoms with van der Waals surface area (Å²) in [6, 6.07) is 3.86. The van der Waals surface area contributed by atoms with E-state index >= 15 is 0 Å². The molecule has 0 fully saturated rings. The zero-order chi connectivity index (χ0) is 11.5. The molecule has 0 radical (unpaired) electrons. The molecule has 0 unspecified atom stereocenters. The monoisotopic (exact) mass is 317 g/mol. The number of anilines is 1. The Bertz CT molecular complexity index is 488. The van der Waals surface area contributed by atoms with Crippen LogP contribution < -0.4 is 4.90 Å². The fourth-order valence-electron chi connectivity index (χ4n) is 1.28. The SMILES string of the molecule is CN(Cc1cc(Br)cs1)c1cc(Cl)ncn1. The van der Waals surface area contributed by atoms with Gasteiger partial charge in [-0.25, -0.2) is 9.97 Å². The first-order chi connectivity index (χ1) is 7.65. The van der Waals surface area contributed by atoms with E-state index in [9.17, 15) is 0 Å². The van der Waals surface area contributed by atoms with Crippen LogP contribution in [-0.4, -0.2) is 17.0 Å². The lowest BCUT2D eigenvalue weighted by atomic mass is 10.4. The van der Waals surface area contributed by atoms with Gasteiger partial charge in [0.1, 0.15) is 17.3 Å². The molecule has 0 bridgehead atoms. The zero-order valence-corrected chi connectivity index (χ0v) is 11.7. The lowest BCUT2D eigenvalue weighted by molar-refractivity contribution is 0.904. The van der Waals surface area contributed by atoms with Crippen molar-refractivity contribution in [1.82, 2.24) is 9.97 Å². The third-order valence-corrected chi connectivity index (χ3v) is 3.91. The Morgan fingerprint density at radius 1 is 1.44 bits per heavy atom. The molecule has 2 aromatic rings. The largest absolute Gasteiger partial charge is 0.354 e. The topological polar surface area (TPSA) is 29.0 Å². The Morgan fingerprint density at radius 2 is 2.25 bits per heavy atom. The van der Waals surface area contributed by atoms with Crippen molar-refractivity contribution in [1.29, 1.82) is 0 Å². The second-order valence-electron chi connectivity index (χ2n) is 3.29. The van der Waals surface area contributed by atoms with Crippen LogP contribution in [0.4, 0.5) is 5.82 Å². The van der Waals surface area contributed by atoms with Crippen molar-refractivity contribution in [2.45, 2.75) is 6.54 Å². The van der Waals surface area contributed by atoms with Crippen LogP contribution in [0.25, 0.3) is 0 Å². The van der Waals surface area contributed by atoms with Crippen LogP contribution in [0.15, 0.2) is 28.3 Å². The number of nitrogens with zero attached hydrogens (tertiary/aromatic N) is 3. The summed E-state index contributed by atoms with van der Waals surface area (Å²) in [6.45, 7) is 0.809. The Balaban J connectivity index is 2.11. The third-order valence-electron chi connectivity index (χ3n) is 2.03. The molecular weight excluding hydrogens is 310 g/mol. The Morgan fingerprint density at radius 3 is 2.88 bits per heavy atom. The number of hydrogen-bond acceptors (Lipinski definition) is 4. The summed E-state index contributed by atoms with van der Waals surface area (Å²) in [4.78, 5) is 11.3. The molecule has 0 N–H and O–H groups in total. The van der Waals surface area contributed by atoms with Crippen molar-refractivity contribution in [2.75, 3.05) is 11.9 Å². The van der Waals surface area contributed by atoms with Gasteiger partial charge in [-0.3, -0.25) is 0 Å². The maximum absolute atomic E-state index is 5.81. The molecule has 0 aromatic carbocycles.